The third-order valence-electron chi connectivity index (χ3n) is 4.81. The Kier molecular flexibility index (Phi) is 11.7. The van der Waals surface area contributed by atoms with Crippen molar-refractivity contribution in [3.8, 4) is 0 Å². The number of rotatable bonds is 14. The number of aliphatic hydroxyl groups is 1. The number of hydrogen-bond donors (Lipinski definition) is 7. The van der Waals surface area contributed by atoms with E-state index < -0.39 is 66.8 Å². The van der Waals surface area contributed by atoms with E-state index in [1.165, 1.54) is 0 Å². The molecule has 1 aromatic carbocycles. The van der Waals surface area contributed by atoms with Crippen molar-refractivity contribution in [1.29, 1.82) is 0 Å². The van der Waals surface area contributed by atoms with Crippen LogP contribution in [0.25, 0.3) is 0 Å². The Balaban J connectivity index is 2.98. The molecule has 4 atom stereocenters. The Morgan fingerprint density at radius 3 is 1.91 bits per heavy atom. The first kappa shape index (κ1) is 28.5. The number of carboxylic acids is 1. The fourth-order valence-electron chi connectivity index (χ4n) is 3.08. The molecule has 0 saturated carbocycles. The number of aliphatic hydroxyl groups excluding tert-OH is 1. The van der Waals surface area contributed by atoms with Crippen molar-refractivity contribution < 1.29 is 34.2 Å². The standard InChI is InChI=1S/C22H33N5O7/c1-12(2)8-16(22(33)34)26-21(32)17(11-28)27-20(31)15(9-13-6-4-3-5-7-13)25-19(30)14(23)10-18(24)29/h3-7,12,14-17,28H,8-11,23H2,1-2H3,(H2,24,29)(H,25,30)(H,26,32)(H,27,31)(H,33,34). The van der Waals surface area contributed by atoms with Crippen LogP contribution in [0, 0.1) is 5.92 Å². The Labute approximate surface area is 197 Å². The molecule has 9 N–H and O–H groups in total. The maximum Gasteiger partial charge on any atom is 0.326 e. The summed E-state index contributed by atoms with van der Waals surface area (Å²) in [4.78, 5) is 60.3. The molecule has 188 valence electrons. The lowest BCUT2D eigenvalue weighted by atomic mass is 10.0. The van der Waals surface area contributed by atoms with Crippen molar-refractivity contribution in [2.45, 2.75) is 57.3 Å². The largest absolute Gasteiger partial charge is 0.480 e. The van der Waals surface area contributed by atoms with E-state index in [4.69, 9.17) is 11.5 Å². The summed E-state index contributed by atoms with van der Waals surface area (Å²) in [6.45, 7) is 2.76. The predicted molar refractivity (Wildman–Crippen MR) is 122 cm³/mol. The average Bonchev–Trinajstić information content (AvgIpc) is 2.75. The van der Waals surface area contributed by atoms with Crippen LogP contribution in [0.4, 0.5) is 0 Å². The van der Waals surface area contributed by atoms with Crippen molar-refractivity contribution in [2.24, 2.45) is 17.4 Å². The van der Waals surface area contributed by atoms with E-state index in [9.17, 15) is 34.2 Å². The highest BCUT2D eigenvalue weighted by molar-refractivity contribution is 5.95. The van der Waals surface area contributed by atoms with Gasteiger partial charge >= 0.3 is 5.97 Å². The first-order valence-corrected chi connectivity index (χ1v) is 10.8. The molecule has 0 saturated heterocycles. The second-order valence-corrected chi connectivity index (χ2v) is 8.30. The van der Waals surface area contributed by atoms with Crippen LogP contribution in [0.1, 0.15) is 32.3 Å². The minimum Gasteiger partial charge on any atom is -0.480 e. The van der Waals surface area contributed by atoms with Crippen molar-refractivity contribution in [1.82, 2.24) is 16.0 Å². The van der Waals surface area contributed by atoms with E-state index in [-0.39, 0.29) is 18.8 Å². The number of hydrogen-bond acceptors (Lipinski definition) is 7. The number of nitrogens with one attached hydrogen (secondary N) is 3. The molecule has 0 aliphatic rings. The molecule has 0 spiro atoms. The average molecular weight is 480 g/mol. The van der Waals surface area contributed by atoms with Gasteiger partial charge in [0.05, 0.1) is 19.1 Å². The summed E-state index contributed by atoms with van der Waals surface area (Å²) in [6.07, 6.45) is -0.260. The molecule has 0 heterocycles. The fraction of sp³-hybridized carbons (Fsp3) is 0.500. The van der Waals surface area contributed by atoms with E-state index >= 15 is 0 Å². The van der Waals surface area contributed by atoms with Crippen molar-refractivity contribution in [3.05, 3.63) is 35.9 Å². The van der Waals surface area contributed by atoms with Crippen molar-refractivity contribution in [3.63, 3.8) is 0 Å². The molecular weight excluding hydrogens is 446 g/mol. The lowest BCUT2D eigenvalue weighted by molar-refractivity contribution is -0.143. The summed E-state index contributed by atoms with van der Waals surface area (Å²) in [6, 6.07) is 3.51. The quantitative estimate of drug-likeness (QED) is 0.158. The zero-order valence-electron chi connectivity index (χ0n) is 19.2. The van der Waals surface area contributed by atoms with E-state index in [1.54, 1.807) is 44.2 Å². The van der Waals surface area contributed by atoms with Crippen LogP contribution >= 0.6 is 0 Å². The molecule has 0 fully saturated rings. The van der Waals surface area contributed by atoms with E-state index in [0.29, 0.717) is 5.56 Å². The highest BCUT2D eigenvalue weighted by Gasteiger charge is 2.30. The molecule has 1 rings (SSSR count). The van der Waals surface area contributed by atoms with Gasteiger partial charge in [-0.15, -0.1) is 0 Å². The normalized spacial score (nSPS) is 14.4. The molecule has 34 heavy (non-hydrogen) atoms. The number of carboxylic acid groups (broad SMARTS) is 1. The number of nitrogens with two attached hydrogens (primary N) is 2. The zero-order chi connectivity index (χ0) is 25.8. The van der Waals surface area contributed by atoms with Crippen LogP contribution in [-0.4, -0.2) is 70.6 Å². The maximum atomic E-state index is 12.9. The molecule has 4 unspecified atom stereocenters. The van der Waals surface area contributed by atoms with Gasteiger partial charge in [-0.05, 0) is 17.9 Å². The number of aliphatic carboxylic acids is 1. The maximum absolute atomic E-state index is 12.9. The van der Waals surface area contributed by atoms with Crippen LogP contribution in [0.5, 0.6) is 0 Å². The lowest BCUT2D eigenvalue weighted by Crippen LogP contribution is -2.58. The first-order chi connectivity index (χ1) is 15.9. The van der Waals surface area contributed by atoms with Gasteiger partial charge in [0.15, 0.2) is 0 Å². The van der Waals surface area contributed by atoms with Gasteiger partial charge in [0.1, 0.15) is 18.1 Å². The second kappa shape index (κ2) is 13.9. The molecule has 0 radical (unpaired) electrons. The molecule has 0 aliphatic carbocycles. The van der Waals surface area contributed by atoms with Crippen LogP contribution < -0.4 is 27.4 Å². The Bertz CT molecular complexity index is 862. The molecule has 0 aliphatic heterocycles. The Hall–Kier alpha value is -3.51. The summed E-state index contributed by atoms with van der Waals surface area (Å²) in [5.41, 5.74) is 11.4. The van der Waals surface area contributed by atoms with E-state index in [2.05, 4.69) is 16.0 Å². The number of carbonyl (C=O) groups is 5. The topological polar surface area (TPSA) is 214 Å². The highest BCUT2D eigenvalue weighted by Crippen LogP contribution is 2.07. The van der Waals surface area contributed by atoms with Gasteiger partial charge in [-0.25, -0.2) is 4.79 Å². The molecular formula is C22H33N5O7. The fourth-order valence-corrected chi connectivity index (χ4v) is 3.08. The molecule has 0 bridgehead atoms. The zero-order valence-corrected chi connectivity index (χ0v) is 19.2. The van der Waals surface area contributed by atoms with Gasteiger partial charge in [-0.2, -0.15) is 0 Å². The number of amides is 4. The summed E-state index contributed by atoms with van der Waals surface area (Å²) < 4.78 is 0. The molecule has 1 aromatic rings. The first-order valence-electron chi connectivity index (χ1n) is 10.8. The van der Waals surface area contributed by atoms with Gasteiger partial charge < -0.3 is 37.6 Å². The highest BCUT2D eigenvalue weighted by atomic mass is 16.4. The second-order valence-electron chi connectivity index (χ2n) is 8.30. The van der Waals surface area contributed by atoms with Crippen molar-refractivity contribution in [2.75, 3.05) is 6.61 Å². The number of benzene rings is 1. The predicted octanol–water partition coefficient (Wildman–Crippen LogP) is -1.99. The Morgan fingerprint density at radius 1 is 0.882 bits per heavy atom. The summed E-state index contributed by atoms with van der Waals surface area (Å²) in [5, 5.41) is 26.0. The lowest BCUT2D eigenvalue weighted by Gasteiger charge is -2.24. The van der Waals surface area contributed by atoms with E-state index in [0.717, 1.165) is 0 Å². The third kappa shape index (κ3) is 9.96. The van der Waals surface area contributed by atoms with Crippen LogP contribution in [-0.2, 0) is 30.4 Å². The minimum absolute atomic E-state index is 0.0204. The van der Waals surface area contributed by atoms with E-state index in [1.807, 2.05) is 0 Å². The summed E-state index contributed by atoms with van der Waals surface area (Å²) in [5.74, 6) is -4.57. The minimum atomic E-state index is -1.46. The van der Waals surface area contributed by atoms with Gasteiger partial charge in [0, 0.05) is 6.42 Å². The SMILES string of the molecule is CC(C)CC(NC(=O)C(CO)NC(=O)C(Cc1ccccc1)NC(=O)C(N)CC(N)=O)C(=O)O. The van der Waals surface area contributed by atoms with Crippen LogP contribution in [0.3, 0.4) is 0 Å². The van der Waals surface area contributed by atoms with Crippen LogP contribution in [0.2, 0.25) is 0 Å². The molecule has 0 aromatic heterocycles. The van der Waals surface area contributed by atoms with Crippen molar-refractivity contribution >= 4 is 29.6 Å². The number of primary amides is 1. The molecule has 12 heteroatoms. The van der Waals surface area contributed by atoms with Gasteiger partial charge in [-0.1, -0.05) is 44.2 Å². The monoisotopic (exact) mass is 479 g/mol. The summed E-state index contributed by atoms with van der Waals surface area (Å²) in [7, 11) is 0. The number of carbonyl (C=O) groups excluding carboxylic acids is 4. The van der Waals surface area contributed by atoms with Gasteiger partial charge in [0.25, 0.3) is 0 Å². The smallest absolute Gasteiger partial charge is 0.326 e. The van der Waals surface area contributed by atoms with Crippen LogP contribution in [0.15, 0.2) is 30.3 Å². The van der Waals surface area contributed by atoms with Gasteiger partial charge in [-0.3, -0.25) is 19.2 Å². The summed E-state index contributed by atoms with van der Waals surface area (Å²) >= 11 is 0. The third-order valence-corrected chi connectivity index (χ3v) is 4.81. The van der Waals surface area contributed by atoms with Gasteiger partial charge in [0.2, 0.25) is 23.6 Å². The Morgan fingerprint density at radius 2 is 1.41 bits per heavy atom. The molecule has 4 amide bonds. The molecule has 12 nitrogen and oxygen atoms in total.